The van der Waals surface area contributed by atoms with Gasteiger partial charge >= 0.3 is 0 Å². The molecule has 5 N–H and O–H groups in total. The van der Waals surface area contributed by atoms with E-state index in [0.717, 1.165) is 6.42 Å². The largest absolute Gasteiger partial charge is 0.396 e. The zero-order valence-electron chi connectivity index (χ0n) is 17.9. The Hall–Kier alpha value is -2.52. The fourth-order valence-electron chi connectivity index (χ4n) is 3.20. The first-order valence-corrected chi connectivity index (χ1v) is 10.2. The van der Waals surface area contributed by atoms with Gasteiger partial charge in [-0.3, -0.25) is 14.3 Å². The molecule has 2 amide bonds. The van der Waals surface area contributed by atoms with E-state index in [2.05, 4.69) is 15.7 Å². The summed E-state index contributed by atoms with van der Waals surface area (Å²) in [6, 6.07) is 3.68. The fourth-order valence-corrected chi connectivity index (χ4v) is 3.20. The number of fused-ring (bicyclic) bond motifs is 1. The average molecular weight is 422 g/mol. The number of carbonyl (C=O) groups excluding carboxylic acids is 2. The van der Waals surface area contributed by atoms with E-state index in [0.29, 0.717) is 37.9 Å². The highest BCUT2D eigenvalue weighted by Gasteiger charge is 2.34. The number of para-hydroxylation sites is 1. The molecule has 1 aromatic carbocycles. The molecule has 0 radical (unpaired) electrons. The van der Waals surface area contributed by atoms with E-state index in [4.69, 9.17) is 10.8 Å². The minimum Gasteiger partial charge on any atom is -0.396 e. The third-order valence-electron chi connectivity index (χ3n) is 4.80. The zero-order chi connectivity index (χ0) is 22.3. The second kappa shape index (κ2) is 10.5. The third-order valence-corrected chi connectivity index (χ3v) is 4.80. The number of rotatable bonds is 10. The number of nitrogens with zero attached hydrogens (tertiary/aromatic N) is 2. The number of aliphatic hydroxyl groups is 1. The van der Waals surface area contributed by atoms with Gasteiger partial charge in [0.15, 0.2) is 5.69 Å². The summed E-state index contributed by atoms with van der Waals surface area (Å²) in [6.07, 6.45) is 1.89. The lowest BCUT2D eigenvalue weighted by atomic mass is 9.86. The number of benzene rings is 1. The van der Waals surface area contributed by atoms with Crippen LogP contribution in [0.3, 0.4) is 0 Å². The number of unbranched alkanes of at least 4 members (excludes halogenated alkanes) is 1. The van der Waals surface area contributed by atoms with Gasteiger partial charge in [-0.05, 0) is 37.3 Å². The van der Waals surface area contributed by atoms with Crippen molar-refractivity contribution in [1.82, 2.24) is 20.4 Å². The van der Waals surface area contributed by atoms with Crippen LogP contribution in [-0.4, -0.2) is 52.4 Å². The van der Waals surface area contributed by atoms with Crippen LogP contribution in [0, 0.1) is 11.2 Å². The maximum atomic E-state index is 14.5. The number of aromatic nitrogens is 2. The fraction of sp³-hybridized carbons (Fsp3) is 0.571. The van der Waals surface area contributed by atoms with Crippen molar-refractivity contribution in [3.8, 4) is 0 Å². The summed E-state index contributed by atoms with van der Waals surface area (Å²) in [5, 5.41) is 19.1. The van der Waals surface area contributed by atoms with Gasteiger partial charge in [0.2, 0.25) is 5.91 Å². The molecule has 1 unspecified atom stereocenters. The van der Waals surface area contributed by atoms with Crippen LogP contribution in [0.5, 0.6) is 0 Å². The molecule has 30 heavy (non-hydrogen) atoms. The molecule has 1 atom stereocenters. The lowest BCUT2D eigenvalue weighted by Gasteiger charge is -2.30. The molecule has 0 saturated heterocycles. The predicted octanol–water partition coefficient (Wildman–Crippen LogP) is 1.56. The molecular weight excluding hydrogens is 389 g/mol. The van der Waals surface area contributed by atoms with Gasteiger partial charge in [-0.15, -0.1) is 0 Å². The van der Waals surface area contributed by atoms with Gasteiger partial charge in [-0.25, -0.2) is 4.39 Å². The number of aryl methyl sites for hydroxylation is 1. The number of nitrogens with one attached hydrogen (secondary N) is 2. The van der Waals surface area contributed by atoms with Crippen molar-refractivity contribution in [3.05, 3.63) is 29.7 Å². The molecular formula is C21H32FN5O3. The minimum absolute atomic E-state index is 0.0357. The summed E-state index contributed by atoms with van der Waals surface area (Å²) in [5.41, 5.74) is 5.31. The molecule has 0 fully saturated rings. The van der Waals surface area contributed by atoms with Crippen molar-refractivity contribution >= 4 is 22.7 Å². The third kappa shape index (κ3) is 5.76. The van der Waals surface area contributed by atoms with Gasteiger partial charge in [-0.1, -0.05) is 32.9 Å². The monoisotopic (exact) mass is 421 g/mol. The van der Waals surface area contributed by atoms with Crippen LogP contribution in [0.25, 0.3) is 10.9 Å². The van der Waals surface area contributed by atoms with Crippen LogP contribution < -0.4 is 16.4 Å². The second-order valence-corrected chi connectivity index (χ2v) is 8.34. The summed E-state index contributed by atoms with van der Waals surface area (Å²) in [5.74, 6) is -1.34. The molecule has 1 aromatic heterocycles. The molecule has 0 aliphatic carbocycles. The molecule has 0 spiro atoms. The molecule has 0 aliphatic rings. The Morgan fingerprint density at radius 1 is 1.27 bits per heavy atom. The molecule has 2 aromatic rings. The topological polar surface area (TPSA) is 122 Å². The van der Waals surface area contributed by atoms with Crippen LogP contribution in [-0.2, 0) is 11.3 Å². The van der Waals surface area contributed by atoms with Gasteiger partial charge in [0.1, 0.15) is 17.4 Å². The Balaban J connectivity index is 2.31. The summed E-state index contributed by atoms with van der Waals surface area (Å²) in [7, 11) is 0. The molecule has 0 bridgehead atoms. The van der Waals surface area contributed by atoms with E-state index in [1.165, 1.54) is 16.8 Å². The molecule has 0 saturated carbocycles. The Morgan fingerprint density at radius 3 is 2.63 bits per heavy atom. The van der Waals surface area contributed by atoms with Crippen molar-refractivity contribution in [1.29, 1.82) is 0 Å². The van der Waals surface area contributed by atoms with E-state index >= 15 is 0 Å². The first-order chi connectivity index (χ1) is 14.2. The maximum absolute atomic E-state index is 14.5. The molecule has 1 heterocycles. The van der Waals surface area contributed by atoms with Crippen LogP contribution in [0.2, 0.25) is 0 Å². The standard InChI is InChI=1S/C21H32FN5O3/c1-21(2,3)18(20(30)24-11-7-13-28)25-19(29)16-14-8-6-9-15(22)17(14)27(26-16)12-5-4-10-23/h6,8-9,18,28H,4-5,7,10-13,23H2,1-3H3,(H,24,30)(H,25,29). The summed E-state index contributed by atoms with van der Waals surface area (Å²) >= 11 is 0. The lowest BCUT2D eigenvalue weighted by molar-refractivity contribution is -0.125. The molecule has 0 aliphatic heterocycles. The number of carbonyl (C=O) groups is 2. The molecule has 166 valence electrons. The van der Waals surface area contributed by atoms with E-state index in [1.807, 2.05) is 20.8 Å². The van der Waals surface area contributed by atoms with Gasteiger partial charge in [-0.2, -0.15) is 5.10 Å². The van der Waals surface area contributed by atoms with E-state index < -0.39 is 23.2 Å². The van der Waals surface area contributed by atoms with Crippen LogP contribution in [0.15, 0.2) is 18.2 Å². The second-order valence-electron chi connectivity index (χ2n) is 8.34. The molecule has 9 heteroatoms. The Kier molecular flexibility index (Phi) is 8.31. The van der Waals surface area contributed by atoms with Gasteiger partial charge in [0.25, 0.3) is 5.91 Å². The predicted molar refractivity (Wildman–Crippen MR) is 113 cm³/mol. The van der Waals surface area contributed by atoms with Crippen LogP contribution in [0.4, 0.5) is 4.39 Å². The molecule has 2 rings (SSSR count). The van der Waals surface area contributed by atoms with Crippen molar-refractivity contribution < 1.29 is 19.1 Å². The smallest absolute Gasteiger partial charge is 0.273 e. The van der Waals surface area contributed by atoms with Crippen molar-refractivity contribution in [2.24, 2.45) is 11.1 Å². The number of halogens is 1. The van der Waals surface area contributed by atoms with Crippen LogP contribution >= 0.6 is 0 Å². The highest BCUT2D eigenvalue weighted by molar-refractivity contribution is 6.06. The van der Waals surface area contributed by atoms with E-state index in [-0.39, 0.29) is 23.7 Å². The Bertz CT molecular complexity index is 875. The SMILES string of the molecule is CC(C)(C)C(NC(=O)c1nn(CCCCN)c2c(F)cccc12)C(=O)NCCCO. The molecule has 8 nitrogen and oxygen atoms in total. The number of amides is 2. The van der Waals surface area contributed by atoms with E-state index in [1.54, 1.807) is 6.07 Å². The lowest BCUT2D eigenvalue weighted by Crippen LogP contribution is -2.53. The van der Waals surface area contributed by atoms with Crippen molar-refractivity contribution in [2.45, 2.75) is 52.6 Å². The van der Waals surface area contributed by atoms with Gasteiger partial charge in [0, 0.05) is 25.1 Å². The number of hydrogen-bond acceptors (Lipinski definition) is 5. The van der Waals surface area contributed by atoms with Gasteiger partial charge in [0.05, 0.1) is 0 Å². The minimum atomic E-state index is -0.824. The quantitative estimate of drug-likeness (QED) is 0.434. The summed E-state index contributed by atoms with van der Waals surface area (Å²) in [4.78, 5) is 25.7. The van der Waals surface area contributed by atoms with E-state index in [9.17, 15) is 14.0 Å². The zero-order valence-corrected chi connectivity index (χ0v) is 17.9. The first kappa shape index (κ1) is 23.8. The normalized spacial score (nSPS) is 12.7. The maximum Gasteiger partial charge on any atom is 0.273 e. The number of hydrogen-bond donors (Lipinski definition) is 4. The average Bonchev–Trinajstić information content (AvgIpc) is 3.05. The summed E-state index contributed by atoms with van der Waals surface area (Å²) < 4.78 is 16.0. The number of nitrogens with two attached hydrogens (primary N) is 1. The van der Waals surface area contributed by atoms with Gasteiger partial charge < -0.3 is 21.5 Å². The highest BCUT2D eigenvalue weighted by atomic mass is 19.1. The van der Waals surface area contributed by atoms with Crippen molar-refractivity contribution in [2.75, 3.05) is 19.7 Å². The number of aliphatic hydroxyl groups excluding tert-OH is 1. The van der Waals surface area contributed by atoms with Crippen molar-refractivity contribution in [3.63, 3.8) is 0 Å². The summed E-state index contributed by atoms with van der Waals surface area (Å²) in [6.45, 7) is 6.75. The Morgan fingerprint density at radius 2 is 2.00 bits per heavy atom. The van der Waals surface area contributed by atoms with Crippen LogP contribution in [0.1, 0.15) is 50.5 Å². The Labute approximate surface area is 176 Å². The first-order valence-electron chi connectivity index (χ1n) is 10.2. The highest BCUT2D eigenvalue weighted by Crippen LogP contribution is 2.24.